The topological polar surface area (TPSA) is 88.1 Å². The lowest BCUT2D eigenvalue weighted by molar-refractivity contribution is -0.134. The highest BCUT2D eigenvalue weighted by Gasteiger charge is 2.39. The number of hydrogen-bond donors (Lipinski definition) is 2. The maximum atomic E-state index is 13.0. The minimum Gasteiger partial charge on any atom is -0.508 e. The van der Waals surface area contributed by atoms with Gasteiger partial charge in [-0.1, -0.05) is 24.3 Å². The van der Waals surface area contributed by atoms with Gasteiger partial charge < -0.3 is 24.8 Å². The summed E-state index contributed by atoms with van der Waals surface area (Å²) < 4.78 is 12.1. The lowest BCUT2D eigenvalue weighted by atomic mass is 9.94. The largest absolute Gasteiger partial charge is 0.508 e. The van der Waals surface area contributed by atoms with Gasteiger partial charge in [0, 0.05) is 13.1 Å². The predicted molar refractivity (Wildman–Crippen MR) is 118 cm³/mol. The van der Waals surface area contributed by atoms with Crippen molar-refractivity contribution >= 4 is 11.8 Å². The van der Waals surface area contributed by atoms with E-state index in [0.717, 1.165) is 19.3 Å². The van der Waals surface area contributed by atoms with Gasteiger partial charge in [0.15, 0.2) is 0 Å². The van der Waals surface area contributed by atoms with Crippen LogP contribution in [0.1, 0.15) is 40.7 Å². The predicted octanol–water partition coefficient (Wildman–Crippen LogP) is 2.45. The van der Waals surface area contributed by atoms with Crippen molar-refractivity contribution in [3.63, 3.8) is 0 Å². The molecule has 3 unspecified atom stereocenters. The molecule has 1 aliphatic carbocycles. The van der Waals surface area contributed by atoms with Crippen molar-refractivity contribution in [1.29, 1.82) is 0 Å². The zero-order valence-corrected chi connectivity index (χ0v) is 18.1. The summed E-state index contributed by atoms with van der Waals surface area (Å²) in [4.78, 5) is 27.3. The van der Waals surface area contributed by atoms with E-state index < -0.39 is 0 Å². The van der Waals surface area contributed by atoms with Crippen LogP contribution >= 0.6 is 0 Å². The van der Waals surface area contributed by atoms with Gasteiger partial charge in [-0.3, -0.25) is 9.59 Å². The van der Waals surface area contributed by atoms with Crippen molar-refractivity contribution in [2.75, 3.05) is 13.7 Å². The Kier molecular flexibility index (Phi) is 5.51. The molecule has 0 saturated carbocycles. The number of fused-ring (bicyclic) bond motifs is 3. The van der Waals surface area contributed by atoms with Crippen LogP contribution in [0.5, 0.6) is 11.5 Å². The number of hydrogen-bond acceptors (Lipinski definition) is 5. The quantitative estimate of drug-likeness (QED) is 0.772. The molecule has 2 aliphatic heterocycles. The van der Waals surface area contributed by atoms with Crippen LogP contribution in [-0.4, -0.2) is 59.8 Å². The van der Waals surface area contributed by atoms with E-state index in [1.54, 1.807) is 18.0 Å². The fraction of sp³-hybridized carbons (Fsp3) is 0.440. The lowest BCUT2D eigenvalue weighted by Crippen LogP contribution is -2.54. The smallest absolute Gasteiger partial charge is 0.257 e. The molecule has 0 bridgehead atoms. The maximum Gasteiger partial charge on any atom is 0.257 e. The van der Waals surface area contributed by atoms with E-state index in [1.807, 2.05) is 12.1 Å². The van der Waals surface area contributed by atoms with Crippen LogP contribution in [0.4, 0.5) is 0 Å². The van der Waals surface area contributed by atoms with Crippen LogP contribution in [0.15, 0.2) is 42.5 Å². The minimum absolute atomic E-state index is 0.00303. The van der Waals surface area contributed by atoms with Crippen LogP contribution in [0.25, 0.3) is 0 Å². The van der Waals surface area contributed by atoms with E-state index in [2.05, 4.69) is 17.4 Å². The molecule has 2 amide bonds. The van der Waals surface area contributed by atoms with E-state index in [9.17, 15) is 14.7 Å². The van der Waals surface area contributed by atoms with Gasteiger partial charge >= 0.3 is 0 Å². The molecule has 2 aromatic carbocycles. The Hall–Kier alpha value is -3.06. The molecule has 32 heavy (non-hydrogen) atoms. The molecule has 0 spiro atoms. The average Bonchev–Trinajstić information content (AvgIpc) is 3.18. The standard InChI is InChI=1S/C25H28N2O5/c1-27-21-8-7-19(13-24(29)26-17-10-15-4-2-3-5-16(15)11-17)32-23(21)14-31-22-9-6-18(28)12-20(22)25(27)30/h2-6,9,12,17,19,21,23,28H,7-8,10-11,13-14H2,1H3,(H,26,29). The van der Waals surface area contributed by atoms with E-state index in [0.29, 0.717) is 24.2 Å². The number of benzene rings is 2. The van der Waals surface area contributed by atoms with Gasteiger partial charge in [-0.25, -0.2) is 0 Å². The van der Waals surface area contributed by atoms with Crippen molar-refractivity contribution in [2.24, 2.45) is 0 Å². The summed E-state index contributed by atoms with van der Waals surface area (Å²) in [6, 6.07) is 12.9. The number of nitrogens with one attached hydrogen (secondary N) is 1. The van der Waals surface area contributed by atoms with Gasteiger partial charge in [0.25, 0.3) is 5.91 Å². The normalized spacial score (nSPS) is 25.1. The number of phenolic OH excluding ortho intramolecular Hbond substituents is 1. The van der Waals surface area contributed by atoms with Crippen molar-refractivity contribution in [3.8, 4) is 11.5 Å². The minimum atomic E-state index is -0.312. The molecule has 3 aliphatic rings. The number of carbonyl (C=O) groups excluding carboxylic acids is 2. The third-order valence-corrected chi connectivity index (χ3v) is 6.82. The summed E-state index contributed by atoms with van der Waals surface area (Å²) in [7, 11) is 1.76. The van der Waals surface area contributed by atoms with Crippen LogP contribution < -0.4 is 10.1 Å². The number of aromatic hydroxyl groups is 1. The van der Waals surface area contributed by atoms with Crippen LogP contribution in [0, 0.1) is 0 Å². The second kappa shape index (κ2) is 8.47. The number of ether oxygens (including phenoxy) is 2. The number of rotatable bonds is 3. The Labute approximate surface area is 187 Å². The summed E-state index contributed by atoms with van der Waals surface area (Å²) in [6.07, 6.45) is 2.96. The van der Waals surface area contributed by atoms with Gasteiger partial charge in [-0.15, -0.1) is 0 Å². The highest BCUT2D eigenvalue weighted by atomic mass is 16.5. The third-order valence-electron chi connectivity index (χ3n) is 6.82. The summed E-state index contributed by atoms with van der Waals surface area (Å²) in [5.74, 6) is 0.263. The first kappa shape index (κ1) is 20.8. The molecule has 1 fully saturated rings. The van der Waals surface area contributed by atoms with Gasteiger partial charge in [-0.2, -0.15) is 0 Å². The molecule has 0 aromatic heterocycles. The van der Waals surface area contributed by atoms with E-state index >= 15 is 0 Å². The Morgan fingerprint density at radius 1 is 1.16 bits per heavy atom. The molecular weight excluding hydrogens is 408 g/mol. The molecule has 2 aromatic rings. The van der Waals surface area contributed by atoms with E-state index in [-0.39, 0.29) is 48.5 Å². The number of likely N-dealkylation sites (N-methyl/N-ethyl adjacent to an activating group) is 1. The molecule has 7 heteroatoms. The number of carbonyl (C=O) groups is 2. The first-order chi connectivity index (χ1) is 15.5. The Morgan fingerprint density at radius 2 is 1.91 bits per heavy atom. The summed E-state index contributed by atoms with van der Waals surface area (Å²) >= 11 is 0. The molecule has 3 atom stereocenters. The molecule has 5 rings (SSSR count). The average molecular weight is 437 g/mol. The van der Waals surface area contributed by atoms with Crippen molar-refractivity contribution in [3.05, 3.63) is 59.2 Å². The number of amides is 2. The van der Waals surface area contributed by atoms with Gasteiger partial charge in [0.2, 0.25) is 5.91 Å². The zero-order valence-electron chi connectivity index (χ0n) is 18.1. The molecule has 1 saturated heterocycles. The fourth-order valence-electron chi connectivity index (χ4n) is 5.17. The number of nitrogens with zero attached hydrogens (tertiary/aromatic N) is 1. The molecule has 0 radical (unpaired) electrons. The Balaban J connectivity index is 1.20. The fourth-order valence-corrected chi connectivity index (χ4v) is 5.17. The van der Waals surface area contributed by atoms with Gasteiger partial charge in [-0.05, 0) is 55.0 Å². The summed E-state index contributed by atoms with van der Waals surface area (Å²) in [5.41, 5.74) is 2.97. The van der Waals surface area contributed by atoms with Crippen LogP contribution in [-0.2, 0) is 22.4 Å². The Bertz CT molecular complexity index is 1010. The second-order valence-electron chi connectivity index (χ2n) is 8.99. The highest BCUT2D eigenvalue weighted by Crippen LogP contribution is 2.32. The molecule has 2 N–H and O–H groups in total. The van der Waals surface area contributed by atoms with Gasteiger partial charge in [0.1, 0.15) is 24.2 Å². The van der Waals surface area contributed by atoms with Crippen LogP contribution in [0.2, 0.25) is 0 Å². The second-order valence-corrected chi connectivity index (χ2v) is 8.99. The van der Waals surface area contributed by atoms with E-state index in [4.69, 9.17) is 9.47 Å². The van der Waals surface area contributed by atoms with E-state index in [1.165, 1.54) is 23.3 Å². The lowest BCUT2D eigenvalue weighted by Gasteiger charge is -2.42. The zero-order chi connectivity index (χ0) is 22.2. The Morgan fingerprint density at radius 3 is 2.66 bits per heavy atom. The third kappa shape index (κ3) is 4.05. The molecule has 2 heterocycles. The van der Waals surface area contributed by atoms with Crippen molar-refractivity contribution in [1.82, 2.24) is 10.2 Å². The monoisotopic (exact) mass is 436 g/mol. The van der Waals surface area contributed by atoms with Crippen molar-refractivity contribution < 1.29 is 24.2 Å². The highest BCUT2D eigenvalue weighted by molar-refractivity contribution is 5.97. The first-order valence-corrected chi connectivity index (χ1v) is 11.2. The first-order valence-electron chi connectivity index (χ1n) is 11.2. The van der Waals surface area contributed by atoms with Crippen LogP contribution in [0.3, 0.4) is 0 Å². The summed E-state index contributed by atoms with van der Waals surface area (Å²) in [5, 5.41) is 12.9. The number of phenols is 1. The van der Waals surface area contributed by atoms with Crippen molar-refractivity contribution in [2.45, 2.75) is 56.4 Å². The maximum absolute atomic E-state index is 13.0. The van der Waals surface area contributed by atoms with Gasteiger partial charge in [0.05, 0.1) is 24.1 Å². The summed E-state index contributed by atoms with van der Waals surface area (Å²) in [6.45, 7) is 0.288. The SMILES string of the molecule is CN1C(=O)c2cc(O)ccc2OCC2OC(CC(=O)NC3Cc4ccccc4C3)CCC21. The molecule has 168 valence electrons. The molecule has 7 nitrogen and oxygen atoms in total. The molecular formula is C25H28N2O5.